The Kier molecular flexibility index (Phi) is 5.29. The Balaban J connectivity index is 1.51. The maximum absolute atomic E-state index is 6.34. The summed E-state index contributed by atoms with van der Waals surface area (Å²) in [5, 5.41) is 8.21. The molecule has 0 spiro atoms. The lowest BCUT2D eigenvalue weighted by molar-refractivity contribution is 0.173. The molecule has 0 radical (unpaired) electrons. The van der Waals surface area contributed by atoms with Crippen LogP contribution in [-0.2, 0) is 0 Å². The van der Waals surface area contributed by atoms with Crippen molar-refractivity contribution in [3.8, 4) is 46.0 Å². The van der Waals surface area contributed by atoms with E-state index in [9.17, 15) is 0 Å². The molecule has 0 atom stereocenters. The third-order valence-electron chi connectivity index (χ3n) is 6.57. The number of hydrogen-bond acceptors (Lipinski definition) is 12. The maximum Gasteiger partial charge on any atom is 0.242 e. The van der Waals surface area contributed by atoms with Crippen LogP contribution in [0.25, 0.3) is 0 Å². The Hall–Kier alpha value is -2.58. The normalized spacial score (nSPS) is 17.5. The van der Waals surface area contributed by atoms with Crippen LogP contribution in [0.4, 0.5) is 0 Å². The van der Waals surface area contributed by atoms with Crippen LogP contribution in [-0.4, -0.2) is 60.9 Å². The van der Waals surface area contributed by atoms with Gasteiger partial charge < -0.3 is 37.9 Å². The Morgan fingerprint density at radius 2 is 0.622 bits per heavy atom. The minimum Gasteiger partial charge on any atom is -0.485 e. The average molecular weight is 593 g/mol. The summed E-state index contributed by atoms with van der Waals surface area (Å²) in [5.41, 5.74) is 0. The van der Waals surface area contributed by atoms with Crippen LogP contribution >= 0.6 is 45.3 Å². The molecule has 0 aliphatic carbocycles. The fraction of sp³-hybridized carbons (Fsp3) is 0.333. The van der Waals surface area contributed by atoms with Crippen LogP contribution in [0.5, 0.6) is 46.0 Å². The highest BCUT2D eigenvalue weighted by molar-refractivity contribution is 7.53. The molecule has 0 aromatic carbocycles. The molecule has 4 aliphatic heterocycles. The first kappa shape index (κ1) is 22.4. The maximum atomic E-state index is 6.34. The standard InChI is InChI=1S/C24H20O8S4Si/c1-5-29-17-13(25-1)9-33-21(17)37(22-18-14(10-34-22)26-2-6-30-18,23-19-15(11-35-23)27-3-7-31-19)24-20-16(12-36-24)28-4-8-32-20/h9-12H,1-8H2. The lowest BCUT2D eigenvalue weighted by atomic mass is 10.5. The largest absolute Gasteiger partial charge is 0.485 e. The van der Waals surface area contributed by atoms with Gasteiger partial charge in [0.15, 0.2) is 46.0 Å². The second-order valence-corrected chi connectivity index (χ2v) is 17.0. The predicted octanol–water partition coefficient (Wildman–Crippen LogP) is 2.39. The van der Waals surface area contributed by atoms with E-state index in [2.05, 4.69) is 21.5 Å². The molecule has 0 unspecified atom stereocenters. The molecule has 0 saturated carbocycles. The highest BCUT2D eigenvalue weighted by Gasteiger charge is 2.56. The zero-order valence-electron chi connectivity index (χ0n) is 19.4. The van der Waals surface area contributed by atoms with Crippen LogP contribution in [0.15, 0.2) is 21.5 Å². The molecule has 8 rings (SSSR count). The molecule has 8 nitrogen and oxygen atoms in total. The zero-order chi connectivity index (χ0) is 24.4. The molecule has 4 aliphatic rings. The van der Waals surface area contributed by atoms with E-state index in [1.165, 1.54) is 0 Å². The monoisotopic (exact) mass is 592 g/mol. The van der Waals surface area contributed by atoms with Crippen molar-refractivity contribution in [3.63, 3.8) is 0 Å². The average Bonchev–Trinajstić information content (AvgIpc) is 3.75. The summed E-state index contributed by atoms with van der Waals surface area (Å²) in [6, 6.07) is 0. The highest BCUT2D eigenvalue weighted by Crippen LogP contribution is 2.45. The molecule has 0 fully saturated rings. The van der Waals surface area contributed by atoms with Gasteiger partial charge in [0, 0.05) is 21.5 Å². The third kappa shape index (κ3) is 3.21. The van der Waals surface area contributed by atoms with Gasteiger partial charge in [0.2, 0.25) is 8.07 Å². The van der Waals surface area contributed by atoms with Crippen LogP contribution in [0.3, 0.4) is 0 Å². The predicted molar refractivity (Wildman–Crippen MR) is 146 cm³/mol. The molecule has 4 aromatic heterocycles. The van der Waals surface area contributed by atoms with Gasteiger partial charge in [-0.3, -0.25) is 0 Å². The van der Waals surface area contributed by atoms with Gasteiger partial charge in [-0.15, -0.1) is 45.3 Å². The molecule has 192 valence electrons. The second-order valence-electron chi connectivity index (χ2n) is 8.57. The first-order valence-electron chi connectivity index (χ1n) is 11.9. The van der Waals surface area contributed by atoms with E-state index in [1.54, 1.807) is 45.3 Å². The molecule has 8 heterocycles. The summed E-state index contributed by atoms with van der Waals surface area (Å²) < 4.78 is 54.0. The summed E-state index contributed by atoms with van der Waals surface area (Å²) in [7, 11) is -3.15. The van der Waals surface area contributed by atoms with Gasteiger partial charge in [0.05, 0.1) is 18.0 Å². The van der Waals surface area contributed by atoms with Crippen molar-refractivity contribution in [2.24, 2.45) is 0 Å². The highest BCUT2D eigenvalue weighted by atomic mass is 32.1. The number of fused-ring (bicyclic) bond motifs is 4. The Morgan fingerprint density at radius 1 is 0.378 bits per heavy atom. The summed E-state index contributed by atoms with van der Waals surface area (Å²) in [6.07, 6.45) is 0. The molecule has 0 saturated heterocycles. The van der Waals surface area contributed by atoms with E-state index in [-0.39, 0.29) is 0 Å². The zero-order valence-corrected chi connectivity index (χ0v) is 23.6. The first-order valence-corrected chi connectivity index (χ1v) is 17.4. The first-order chi connectivity index (χ1) is 18.4. The van der Waals surface area contributed by atoms with Gasteiger partial charge in [0.25, 0.3) is 0 Å². The summed E-state index contributed by atoms with van der Waals surface area (Å²) >= 11 is 6.65. The van der Waals surface area contributed by atoms with Crippen LogP contribution < -0.4 is 55.9 Å². The molecular weight excluding hydrogens is 573 g/mol. The molecular formula is C24H20O8S4Si. The van der Waals surface area contributed by atoms with Crippen LogP contribution in [0.2, 0.25) is 0 Å². The van der Waals surface area contributed by atoms with Gasteiger partial charge in [-0.05, 0) is 0 Å². The van der Waals surface area contributed by atoms with E-state index < -0.39 is 8.07 Å². The molecule has 0 bridgehead atoms. The molecule has 37 heavy (non-hydrogen) atoms. The molecule has 0 amide bonds. The Labute approximate surface area is 228 Å². The third-order valence-corrected chi connectivity index (χ3v) is 18.3. The lowest BCUT2D eigenvalue weighted by Gasteiger charge is -2.33. The number of ether oxygens (including phenoxy) is 8. The summed E-state index contributed by atoms with van der Waals surface area (Å²) in [6.45, 7) is 4.09. The van der Waals surface area contributed by atoms with E-state index >= 15 is 0 Å². The molecule has 4 aromatic rings. The van der Waals surface area contributed by atoms with E-state index in [4.69, 9.17) is 37.9 Å². The van der Waals surface area contributed by atoms with Crippen molar-refractivity contribution in [1.29, 1.82) is 0 Å². The fourth-order valence-corrected chi connectivity index (χ4v) is 19.5. The van der Waals surface area contributed by atoms with Crippen molar-refractivity contribution in [1.82, 2.24) is 0 Å². The van der Waals surface area contributed by atoms with Gasteiger partial charge >= 0.3 is 0 Å². The minimum atomic E-state index is -3.15. The smallest absolute Gasteiger partial charge is 0.242 e. The SMILES string of the molecule is c1sc([Si](c2scc3c2OCCO3)(c2scc3c2OCCO3)c2scc3c2OCCO3)c2c1OCCO2. The van der Waals surface area contributed by atoms with Gasteiger partial charge in [0.1, 0.15) is 52.9 Å². The number of hydrogen-bond donors (Lipinski definition) is 0. The molecule has 13 heteroatoms. The van der Waals surface area contributed by atoms with Gasteiger partial charge in [-0.25, -0.2) is 0 Å². The van der Waals surface area contributed by atoms with Gasteiger partial charge in [-0.1, -0.05) is 0 Å². The van der Waals surface area contributed by atoms with Crippen molar-refractivity contribution in [2.75, 3.05) is 52.9 Å². The van der Waals surface area contributed by atoms with Gasteiger partial charge in [-0.2, -0.15) is 0 Å². The van der Waals surface area contributed by atoms with E-state index in [1.807, 2.05) is 0 Å². The van der Waals surface area contributed by atoms with Crippen molar-refractivity contribution in [3.05, 3.63) is 21.5 Å². The number of thiophene rings is 4. The van der Waals surface area contributed by atoms with Crippen molar-refractivity contribution >= 4 is 71.4 Å². The topological polar surface area (TPSA) is 73.8 Å². The summed E-state index contributed by atoms with van der Waals surface area (Å²) in [5.74, 6) is 6.26. The van der Waals surface area contributed by atoms with E-state index in [0.29, 0.717) is 52.9 Å². The Morgan fingerprint density at radius 3 is 0.892 bits per heavy atom. The fourth-order valence-electron chi connectivity index (χ4n) is 5.11. The van der Waals surface area contributed by atoms with Crippen LogP contribution in [0, 0.1) is 0 Å². The number of rotatable bonds is 4. The van der Waals surface area contributed by atoms with Crippen LogP contribution in [0.1, 0.15) is 0 Å². The Bertz CT molecular complexity index is 1260. The van der Waals surface area contributed by atoms with Crippen molar-refractivity contribution < 1.29 is 37.9 Å². The van der Waals surface area contributed by atoms with E-state index in [0.717, 1.165) is 64.0 Å². The summed E-state index contributed by atoms with van der Waals surface area (Å²) in [4.78, 5) is 0. The van der Waals surface area contributed by atoms with Crippen molar-refractivity contribution in [2.45, 2.75) is 0 Å². The lowest BCUT2D eigenvalue weighted by Crippen LogP contribution is -2.73. The second kappa shape index (κ2) is 8.73. The minimum absolute atomic E-state index is 0.494. The molecule has 0 N–H and O–H groups in total. The quantitative estimate of drug-likeness (QED) is 0.335.